The summed E-state index contributed by atoms with van der Waals surface area (Å²) < 4.78 is 46.3. The average Bonchev–Trinajstić information content (AvgIpc) is 2.75. The van der Waals surface area contributed by atoms with Gasteiger partial charge in [0.2, 0.25) is 5.91 Å². The molecule has 0 fully saturated rings. The third-order valence-corrected chi connectivity index (χ3v) is 6.12. The summed E-state index contributed by atoms with van der Waals surface area (Å²) in [4.78, 5) is 12.2. The van der Waals surface area contributed by atoms with Crippen LogP contribution in [0.4, 0.5) is 0 Å². The molecular weight excluding hydrogens is 398 g/mol. The monoisotopic (exact) mass is 421 g/mol. The molecule has 0 radical (unpaired) electrons. The number of ether oxygens (including phenoxy) is 4. The molecule has 0 aromatic heterocycles. The van der Waals surface area contributed by atoms with Crippen LogP contribution in [0.2, 0.25) is 0 Å². The average molecular weight is 421 g/mol. The summed E-state index contributed by atoms with van der Waals surface area (Å²) in [7, 11) is -0.551. The quantitative estimate of drug-likeness (QED) is 0.695. The minimum absolute atomic E-state index is 0.106. The number of benzene rings is 2. The standard InChI is InChI=1S/C20H23NO7S/c1-25-16-5-3-14(11-18(16)26-2)13-21-20(22)7-10-29(23,24)15-4-6-17-19(12-15)28-9-8-27-17/h3-6,11-12H,7-10,13H2,1-2H3,(H,21,22). The molecule has 1 aliphatic heterocycles. The molecule has 1 heterocycles. The smallest absolute Gasteiger partial charge is 0.221 e. The van der Waals surface area contributed by atoms with Crippen molar-refractivity contribution in [1.82, 2.24) is 5.32 Å². The second kappa shape index (κ2) is 9.04. The Morgan fingerprint density at radius 1 is 1.00 bits per heavy atom. The number of amides is 1. The van der Waals surface area contributed by atoms with Gasteiger partial charge < -0.3 is 24.3 Å². The van der Waals surface area contributed by atoms with E-state index in [4.69, 9.17) is 18.9 Å². The summed E-state index contributed by atoms with van der Waals surface area (Å²) >= 11 is 0. The van der Waals surface area contributed by atoms with Gasteiger partial charge >= 0.3 is 0 Å². The van der Waals surface area contributed by atoms with E-state index in [2.05, 4.69) is 5.32 Å². The zero-order valence-corrected chi connectivity index (χ0v) is 17.1. The minimum Gasteiger partial charge on any atom is -0.493 e. The maximum atomic E-state index is 12.5. The van der Waals surface area contributed by atoms with E-state index in [1.165, 1.54) is 19.2 Å². The van der Waals surface area contributed by atoms with E-state index in [0.717, 1.165) is 5.56 Å². The molecule has 3 rings (SSSR count). The molecule has 0 unspecified atom stereocenters. The summed E-state index contributed by atoms with van der Waals surface area (Å²) in [6.07, 6.45) is -0.149. The molecule has 9 heteroatoms. The van der Waals surface area contributed by atoms with Crippen molar-refractivity contribution in [3.8, 4) is 23.0 Å². The minimum atomic E-state index is -3.62. The van der Waals surface area contributed by atoms with Crippen molar-refractivity contribution in [2.75, 3.05) is 33.2 Å². The lowest BCUT2D eigenvalue weighted by Gasteiger charge is -2.18. The van der Waals surface area contributed by atoms with Gasteiger partial charge in [-0.3, -0.25) is 4.79 Å². The molecule has 1 N–H and O–H groups in total. The van der Waals surface area contributed by atoms with Crippen LogP contribution in [0.1, 0.15) is 12.0 Å². The molecule has 1 aliphatic rings. The summed E-state index contributed by atoms with van der Waals surface area (Å²) in [5.41, 5.74) is 0.811. The largest absolute Gasteiger partial charge is 0.493 e. The molecule has 2 aromatic rings. The normalized spacial score (nSPS) is 12.9. The predicted octanol–water partition coefficient (Wildman–Crippen LogP) is 1.96. The third-order valence-electron chi connectivity index (χ3n) is 4.41. The van der Waals surface area contributed by atoms with Crippen molar-refractivity contribution in [3.05, 3.63) is 42.0 Å². The van der Waals surface area contributed by atoms with Crippen LogP contribution in [0, 0.1) is 0 Å². The van der Waals surface area contributed by atoms with E-state index in [1.807, 2.05) is 0 Å². The van der Waals surface area contributed by atoms with Crippen LogP contribution < -0.4 is 24.3 Å². The van der Waals surface area contributed by atoms with E-state index in [1.54, 1.807) is 31.4 Å². The fourth-order valence-electron chi connectivity index (χ4n) is 2.84. The number of sulfone groups is 1. The van der Waals surface area contributed by atoms with Crippen LogP contribution in [0.15, 0.2) is 41.3 Å². The zero-order chi connectivity index (χ0) is 20.9. The Hall–Kier alpha value is -2.94. The van der Waals surface area contributed by atoms with Crippen LogP contribution >= 0.6 is 0 Å². The van der Waals surface area contributed by atoms with Crippen molar-refractivity contribution < 1.29 is 32.2 Å². The summed E-state index contributed by atoms with van der Waals surface area (Å²) in [6.45, 7) is 1.05. The zero-order valence-electron chi connectivity index (χ0n) is 16.3. The first kappa shape index (κ1) is 20.8. The molecule has 0 atom stereocenters. The molecule has 2 aromatic carbocycles. The topological polar surface area (TPSA) is 100 Å². The van der Waals surface area contributed by atoms with Gasteiger partial charge in [-0.15, -0.1) is 0 Å². The highest BCUT2D eigenvalue weighted by Gasteiger charge is 2.20. The number of hydrogen-bond donors (Lipinski definition) is 1. The number of carbonyl (C=O) groups is 1. The fraction of sp³-hybridized carbons (Fsp3) is 0.350. The van der Waals surface area contributed by atoms with Crippen molar-refractivity contribution in [2.24, 2.45) is 0 Å². The molecule has 0 saturated carbocycles. The number of carbonyl (C=O) groups excluding carboxylic acids is 1. The Morgan fingerprint density at radius 3 is 2.45 bits per heavy atom. The second-order valence-corrected chi connectivity index (χ2v) is 8.45. The van der Waals surface area contributed by atoms with E-state index in [-0.39, 0.29) is 29.5 Å². The highest BCUT2D eigenvalue weighted by Crippen LogP contribution is 2.32. The summed E-state index contributed by atoms with van der Waals surface area (Å²) in [5.74, 6) is 1.40. The Kier molecular flexibility index (Phi) is 6.48. The lowest BCUT2D eigenvalue weighted by Crippen LogP contribution is -2.25. The van der Waals surface area contributed by atoms with E-state index in [9.17, 15) is 13.2 Å². The van der Waals surface area contributed by atoms with Crippen molar-refractivity contribution in [2.45, 2.75) is 17.9 Å². The Balaban J connectivity index is 1.56. The van der Waals surface area contributed by atoms with Gasteiger partial charge in [0.25, 0.3) is 0 Å². The van der Waals surface area contributed by atoms with Gasteiger partial charge in [-0.25, -0.2) is 8.42 Å². The van der Waals surface area contributed by atoms with Crippen molar-refractivity contribution in [3.63, 3.8) is 0 Å². The lowest BCUT2D eigenvalue weighted by atomic mass is 10.2. The Morgan fingerprint density at radius 2 is 1.72 bits per heavy atom. The molecule has 156 valence electrons. The van der Waals surface area contributed by atoms with Gasteiger partial charge in [0.05, 0.1) is 24.9 Å². The predicted molar refractivity (Wildman–Crippen MR) is 105 cm³/mol. The SMILES string of the molecule is COc1ccc(CNC(=O)CCS(=O)(=O)c2ccc3c(c2)OCCO3)cc1OC. The Labute approximate surface area is 169 Å². The molecule has 0 spiro atoms. The number of fused-ring (bicyclic) bond motifs is 1. The highest BCUT2D eigenvalue weighted by molar-refractivity contribution is 7.91. The molecule has 1 amide bonds. The van der Waals surface area contributed by atoms with Gasteiger partial charge in [0.15, 0.2) is 32.8 Å². The first-order valence-corrected chi connectivity index (χ1v) is 10.7. The first-order valence-electron chi connectivity index (χ1n) is 9.03. The number of nitrogens with one attached hydrogen (secondary N) is 1. The van der Waals surface area contributed by atoms with Crippen molar-refractivity contribution in [1.29, 1.82) is 0 Å². The maximum Gasteiger partial charge on any atom is 0.221 e. The van der Waals surface area contributed by atoms with Gasteiger partial charge in [-0.1, -0.05) is 6.07 Å². The molecule has 29 heavy (non-hydrogen) atoms. The number of rotatable bonds is 8. The fourth-order valence-corrected chi connectivity index (χ4v) is 4.09. The van der Waals surface area contributed by atoms with Gasteiger partial charge in [-0.05, 0) is 29.8 Å². The molecule has 0 aliphatic carbocycles. The van der Waals surface area contributed by atoms with Crippen molar-refractivity contribution >= 4 is 15.7 Å². The van der Waals surface area contributed by atoms with E-state index >= 15 is 0 Å². The number of hydrogen-bond acceptors (Lipinski definition) is 7. The van der Waals surface area contributed by atoms with Crippen LogP contribution in [-0.2, 0) is 21.2 Å². The van der Waals surface area contributed by atoms with Crippen LogP contribution in [0.5, 0.6) is 23.0 Å². The summed E-state index contributed by atoms with van der Waals surface area (Å²) in [5, 5.41) is 2.72. The second-order valence-electron chi connectivity index (χ2n) is 6.34. The third kappa shape index (κ3) is 5.11. The molecule has 0 bridgehead atoms. The molecule has 0 saturated heterocycles. The van der Waals surface area contributed by atoms with Crippen LogP contribution in [0.25, 0.3) is 0 Å². The van der Waals surface area contributed by atoms with Crippen LogP contribution in [0.3, 0.4) is 0 Å². The summed E-state index contributed by atoms with van der Waals surface area (Å²) in [6, 6.07) is 9.76. The first-order chi connectivity index (χ1) is 13.9. The Bertz CT molecular complexity index is 988. The van der Waals surface area contributed by atoms with Gasteiger partial charge in [0.1, 0.15) is 13.2 Å². The van der Waals surface area contributed by atoms with Crippen LogP contribution in [-0.4, -0.2) is 47.5 Å². The highest BCUT2D eigenvalue weighted by atomic mass is 32.2. The lowest BCUT2D eigenvalue weighted by molar-refractivity contribution is -0.120. The van der Waals surface area contributed by atoms with E-state index < -0.39 is 9.84 Å². The maximum absolute atomic E-state index is 12.5. The van der Waals surface area contributed by atoms with Gasteiger partial charge in [0, 0.05) is 19.0 Å². The molecular formula is C20H23NO7S. The van der Waals surface area contributed by atoms with Gasteiger partial charge in [-0.2, -0.15) is 0 Å². The van der Waals surface area contributed by atoms with E-state index in [0.29, 0.717) is 36.2 Å². The molecule has 8 nitrogen and oxygen atoms in total. The number of methoxy groups -OCH3 is 2.